The Balaban J connectivity index is 1.33. The van der Waals surface area contributed by atoms with E-state index in [1.165, 1.54) is 0 Å². The number of para-hydroxylation sites is 1. The molecule has 3 aromatic heterocycles. The van der Waals surface area contributed by atoms with Crippen molar-refractivity contribution < 1.29 is 9.53 Å². The minimum atomic E-state index is -0.255. The van der Waals surface area contributed by atoms with E-state index in [4.69, 9.17) is 4.74 Å². The average Bonchev–Trinajstić information content (AvgIpc) is 3.39. The normalized spacial score (nSPS) is 14.4. The van der Waals surface area contributed by atoms with Gasteiger partial charge in [-0.2, -0.15) is 0 Å². The number of rotatable bonds is 5. The van der Waals surface area contributed by atoms with E-state index in [2.05, 4.69) is 15.2 Å². The highest BCUT2D eigenvalue weighted by molar-refractivity contribution is 7.14. The fourth-order valence-electron chi connectivity index (χ4n) is 4.58. The van der Waals surface area contributed by atoms with Gasteiger partial charge >= 0.3 is 0 Å². The molecule has 0 bridgehead atoms. The number of pyridine rings is 2. The summed E-state index contributed by atoms with van der Waals surface area (Å²) in [5, 5.41) is 11.1. The second-order valence-electron chi connectivity index (χ2n) is 8.69. The molecule has 4 heterocycles. The average molecular weight is 490 g/mol. The molecular weight excluding hydrogens is 462 g/mol. The fraction of sp³-hybridized carbons (Fsp3) is 0.346. The molecule has 1 saturated heterocycles. The first kappa shape index (κ1) is 23.2. The van der Waals surface area contributed by atoms with E-state index in [0.717, 1.165) is 39.9 Å². The number of benzene rings is 1. The van der Waals surface area contributed by atoms with Crippen molar-refractivity contribution >= 4 is 28.3 Å². The summed E-state index contributed by atoms with van der Waals surface area (Å²) in [7, 11) is 1.65. The minimum Gasteiger partial charge on any atom is -0.496 e. The Hall–Kier alpha value is -3.59. The first-order chi connectivity index (χ1) is 17.0. The van der Waals surface area contributed by atoms with Gasteiger partial charge in [0.15, 0.2) is 5.01 Å². The number of carbonyl (C=O) groups is 1. The summed E-state index contributed by atoms with van der Waals surface area (Å²) >= 11 is 1.57. The third-order valence-corrected chi connectivity index (χ3v) is 7.66. The topological polar surface area (TPSA) is 90.2 Å². The molecule has 1 amide bonds. The van der Waals surface area contributed by atoms with E-state index in [0.29, 0.717) is 30.7 Å². The molecule has 0 radical (unpaired) electrons. The van der Waals surface area contributed by atoms with Gasteiger partial charge in [-0.25, -0.2) is 4.98 Å². The standard InChI is InChI=1S/C26H27N5O3S/c1-4-30-15-20(22(32)19-10-9-16(2)27-23(19)30)26(33)31-13-11-17(12-14-31)24-28-29-25(35-24)18-7-5-6-8-21(18)34-3/h5-10,15,17H,4,11-14H2,1-3H3. The van der Waals surface area contributed by atoms with Gasteiger partial charge in [0.05, 0.1) is 18.1 Å². The number of piperidine rings is 1. The van der Waals surface area contributed by atoms with Crippen LogP contribution in [0.4, 0.5) is 0 Å². The van der Waals surface area contributed by atoms with Gasteiger partial charge in [-0.15, -0.1) is 10.2 Å². The van der Waals surface area contributed by atoms with Crippen LogP contribution in [-0.2, 0) is 6.54 Å². The van der Waals surface area contributed by atoms with Crippen LogP contribution in [-0.4, -0.2) is 50.8 Å². The Morgan fingerprint density at radius 2 is 1.91 bits per heavy atom. The fourth-order valence-corrected chi connectivity index (χ4v) is 5.63. The van der Waals surface area contributed by atoms with Crippen LogP contribution >= 0.6 is 11.3 Å². The van der Waals surface area contributed by atoms with Gasteiger partial charge in [0.2, 0.25) is 5.43 Å². The SMILES string of the molecule is CCn1cc(C(=O)N2CCC(c3nnc(-c4ccccc4OC)s3)CC2)c(=O)c2ccc(C)nc21. The molecule has 0 unspecified atom stereocenters. The number of hydrogen-bond acceptors (Lipinski definition) is 7. The van der Waals surface area contributed by atoms with Crippen molar-refractivity contribution in [1.82, 2.24) is 24.6 Å². The van der Waals surface area contributed by atoms with E-state index >= 15 is 0 Å². The van der Waals surface area contributed by atoms with Crippen LogP contribution in [0.1, 0.15) is 46.7 Å². The summed E-state index contributed by atoms with van der Waals surface area (Å²) in [5.74, 6) is 0.787. The molecule has 0 atom stereocenters. The highest BCUT2D eigenvalue weighted by Gasteiger charge is 2.29. The smallest absolute Gasteiger partial charge is 0.259 e. The van der Waals surface area contributed by atoms with Crippen LogP contribution in [0.3, 0.4) is 0 Å². The molecule has 1 aliphatic heterocycles. The summed E-state index contributed by atoms with van der Waals surface area (Å²) < 4.78 is 7.34. The number of aryl methyl sites for hydroxylation is 2. The van der Waals surface area contributed by atoms with Crippen molar-refractivity contribution in [3.8, 4) is 16.3 Å². The molecule has 0 spiro atoms. The third-order valence-electron chi connectivity index (χ3n) is 6.54. The zero-order valence-electron chi connectivity index (χ0n) is 20.0. The van der Waals surface area contributed by atoms with Crippen molar-refractivity contribution in [2.24, 2.45) is 0 Å². The first-order valence-corrected chi connectivity index (χ1v) is 12.6. The Kier molecular flexibility index (Phi) is 6.34. The summed E-state index contributed by atoms with van der Waals surface area (Å²) in [6.07, 6.45) is 3.22. The van der Waals surface area contributed by atoms with Gasteiger partial charge in [-0.05, 0) is 51.0 Å². The first-order valence-electron chi connectivity index (χ1n) is 11.8. The Morgan fingerprint density at radius 3 is 2.66 bits per heavy atom. The van der Waals surface area contributed by atoms with E-state index in [9.17, 15) is 9.59 Å². The van der Waals surface area contributed by atoms with Crippen molar-refractivity contribution in [1.29, 1.82) is 0 Å². The number of likely N-dealkylation sites (tertiary alicyclic amines) is 1. The summed E-state index contributed by atoms with van der Waals surface area (Å²) in [6, 6.07) is 11.4. The number of nitrogens with zero attached hydrogens (tertiary/aromatic N) is 5. The van der Waals surface area contributed by atoms with E-state index in [1.54, 1.807) is 35.6 Å². The molecular formula is C26H27N5O3S. The molecule has 9 heteroatoms. The molecule has 180 valence electrons. The molecule has 1 fully saturated rings. The maximum absolute atomic E-state index is 13.4. The monoisotopic (exact) mass is 489 g/mol. The lowest BCUT2D eigenvalue weighted by atomic mass is 9.97. The number of methoxy groups -OCH3 is 1. The molecule has 1 aliphatic rings. The Labute approximate surface area is 207 Å². The zero-order chi connectivity index (χ0) is 24.5. The van der Waals surface area contributed by atoms with Gasteiger partial charge in [-0.3, -0.25) is 9.59 Å². The zero-order valence-corrected chi connectivity index (χ0v) is 20.8. The van der Waals surface area contributed by atoms with Gasteiger partial charge in [0.1, 0.15) is 22.0 Å². The van der Waals surface area contributed by atoms with Crippen LogP contribution in [0.2, 0.25) is 0 Å². The Morgan fingerprint density at radius 1 is 1.14 bits per heavy atom. The molecule has 35 heavy (non-hydrogen) atoms. The summed E-state index contributed by atoms with van der Waals surface area (Å²) in [4.78, 5) is 32.8. The molecule has 5 rings (SSSR count). The van der Waals surface area contributed by atoms with Crippen LogP contribution in [0.5, 0.6) is 5.75 Å². The predicted molar refractivity (Wildman–Crippen MR) is 136 cm³/mol. The van der Waals surface area contributed by atoms with Crippen molar-refractivity contribution in [3.05, 3.63) is 69.1 Å². The lowest BCUT2D eigenvalue weighted by Crippen LogP contribution is -2.40. The number of hydrogen-bond donors (Lipinski definition) is 0. The Bertz CT molecular complexity index is 1450. The van der Waals surface area contributed by atoms with Crippen molar-refractivity contribution in [2.45, 2.75) is 39.2 Å². The third kappa shape index (κ3) is 4.32. The molecule has 4 aromatic rings. The largest absolute Gasteiger partial charge is 0.496 e. The quantitative estimate of drug-likeness (QED) is 0.416. The maximum Gasteiger partial charge on any atom is 0.259 e. The van der Waals surface area contributed by atoms with Gasteiger partial charge < -0.3 is 14.2 Å². The van der Waals surface area contributed by atoms with E-state index in [-0.39, 0.29) is 22.8 Å². The predicted octanol–water partition coefficient (Wildman–Crippen LogP) is 4.27. The van der Waals surface area contributed by atoms with E-state index < -0.39 is 0 Å². The highest BCUT2D eigenvalue weighted by Crippen LogP contribution is 2.36. The number of carbonyl (C=O) groups excluding carboxylic acids is 1. The number of aromatic nitrogens is 4. The second kappa shape index (κ2) is 9.58. The van der Waals surface area contributed by atoms with Gasteiger partial charge in [0, 0.05) is 37.4 Å². The van der Waals surface area contributed by atoms with Crippen molar-refractivity contribution in [3.63, 3.8) is 0 Å². The second-order valence-corrected chi connectivity index (χ2v) is 9.70. The van der Waals surface area contributed by atoms with Crippen LogP contribution in [0.15, 0.2) is 47.4 Å². The number of fused-ring (bicyclic) bond motifs is 1. The summed E-state index contributed by atoms with van der Waals surface area (Å²) in [5.41, 5.74) is 2.34. The minimum absolute atomic E-state index is 0.206. The van der Waals surface area contributed by atoms with Crippen LogP contribution in [0.25, 0.3) is 21.6 Å². The van der Waals surface area contributed by atoms with Gasteiger partial charge in [0.25, 0.3) is 5.91 Å². The molecule has 0 N–H and O–H groups in total. The highest BCUT2D eigenvalue weighted by atomic mass is 32.1. The van der Waals surface area contributed by atoms with E-state index in [1.807, 2.05) is 48.7 Å². The van der Waals surface area contributed by atoms with Crippen LogP contribution < -0.4 is 10.2 Å². The van der Waals surface area contributed by atoms with Crippen LogP contribution in [0, 0.1) is 6.92 Å². The lowest BCUT2D eigenvalue weighted by molar-refractivity contribution is 0.0711. The molecule has 8 nitrogen and oxygen atoms in total. The van der Waals surface area contributed by atoms with Crippen molar-refractivity contribution in [2.75, 3.05) is 20.2 Å². The molecule has 0 saturated carbocycles. The number of amides is 1. The van der Waals surface area contributed by atoms with Gasteiger partial charge in [-0.1, -0.05) is 23.5 Å². The molecule has 0 aliphatic carbocycles. The number of ether oxygens (including phenoxy) is 1. The lowest BCUT2D eigenvalue weighted by Gasteiger charge is -2.31. The summed E-state index contributed by atoms with van der Waals surface area (Å²) in [6.45, 7) is 5.65. The maximum atomic E-state index is 13.4. The molecule has 1 aromatic carbocycles.